The van der Waals surface area contributed by atoms with Crippen molar-refractivity contribution in [3.05, 3.63) is 58.5 Å². The van der Waals surface area contributed by atoms with Gasteiger partial charge in [-0.1, -0.05) is 36.7 Å². The van der Waals surface area contributed by atoms with Gasteiger partial charge in [0, 0.05) is 16.5 Å². The van der Waals surface area contributed by atoms with Crippen LogP contribution in [0.15, 0.2) is 52.3 Å². The minimum absolute atomic E-state index is 0.0772. The highest BCUT2D eigenvalue weighted by molar-refractivity contribution is 8.04. The molecule has 28 heavy (non-hydrogen) atoms. The zero-order valence-electron chi connectivity index (χ0n) is 15.7. The summed E-state index contributed by atoms with van der Waals surface area (Å²) in [7, 11) is 1.62. The van der Waals surface area contributed by atoms with Gasteiger partial charge in [-0.05, 0) is 54.8 Å². The Morgan fingerprint density at radius 3 is 2.82 bits per heavy atom. The van der Waals surface area contributed by atoms with Crippen molar-refractivity contribution in [1.29, 1.82) is 0 Å². The molecule has 0 atom stereocenters. The first-order valence-electron chi connectivity index (χ1n) is 9.42. The number of thioether (sulfide) groups is 1. The molecule has 5 nitrogen and oxygen atoms in total. The zero-order chi connectivity index (χ0) is 19.5. The molecule has 2 N–H and O–H groups in total. The van der Waals surface area contributed by atoms with Gasteiger partial charge in [-0.15, -0.1) is 0 Å². The molecule has 2 aromatic rings. The van der Waals surface area contributed by atoms with Crippen molar-refractivity contribution in [2.75, 3.05) is 12.4 Å². The Kier molecular flexibility index (Phi) is 5.39. The topological polar surface area (TPSA) is 67.4 Å². The average molecular weight is 394 g/mol. The molecule has 1 aliphatic carbocycles. The quantitative estimate of drug-likeness (QED) is 0.752. The van der Waals surface area contributed by atoms with Crippen molar-refractivity contribution in [3.8, 4) is 5.75 Å². The summed E-state index contributed by atoms with van der Waals surface area (Å²) in [6, 6.07) is 13.3. The van der Waals surface area contributed by atoms with E-state index in [1.165, 1.54) is 24.6 Å². The maximum Gasteiger partial charge on any atom is 0.262 e. The summed E-state index contributed by atoms with van der Waals surface area (Å²) in [5.74, 6) is 0.495. The van der Waals surface area contributed by atoms with Gasteiger partial charge < -0.3 is 15.4 Å². The van der Waals surface area contributed by atoms with Gasteiger partial charge in [0.1, 0.15) is 5.75 Å². The van der Waals surface area contributed by atoms with Crippen LogP contribution in [0.1, 0.15) is 41.6 Å². The summed E-state index contributed by atoms with van der Waals surface area (Å²) >= 11 is 1.40. The van der Waals surface area contributed by atoms with E-state index >= 15 is 0 Å². The Morgan fingerprint density at radius 2 is 2.04 bits per heavy atom. The first-order valence-corrected chi connectivity index (χ1v) is 10.2. The van der Waals surface area contributed by atoms with Crippen molar-refractivity contribution < 1.29 is 14.3 Å². The minimum Gasteiger partial charge on any atom is -0.497 e. The maximum absolute atomic E-state index is 12.5. The zero-order valence-corrected chi connectivity index (χ0v) is 16.5. The molecule has 0 aromatic heterocycles. The average Bonchev–Trinajstić information content (AvgIpc) is 3.21. The number of hydrogen-bond acceptors (Lipinski definition) is 4. The van der Waals surface area contributed by atoms with E-state index in [0.29, 0.717) is 16.2 Å². The molecule has 1 heterocycles. The van der Waals surface area contributed by atoms with Crippen molar-refractivity contribution in [3.63, 3.8) is 0 Å². The SMILES string of the molecule is COc1cccc(/C=C2/Sc3ccc(C(=O)NC4CCCC4)cc3NC2=O)c1. The second-order valence-electron chi connectivity index (χ2n) is 7.01. The fraction of sp³-hybridized carbons (Fsp3) is 0.273. The number of hydrogen-bond donors (Lipinski definition) is 2. The Labute approximate surface area is 168 Å². The third-order valence-electron chi connectivity index (χ3n) is 5.02. The number of amides is 2. The van der Waals surface area contributed by atoms with Crippen molar-refractivity contribution >= 4 is 35.3 Å². The molecule has 0 radical (unpaired) electrons. The molecule has 6 heteroatoms. The number of nitrogens with one attached hydrogen (secondary N) is 2. The molecule has 0 spiro atoms. The normalized spacial score (nSPS) is 17.9. The fourth-order valence-electron chi connectivity index (χ4n) is 3.52. The summed E-state index contributed by atoms with van der Waals surface area (Å²) in [6.07, 6.45) is 6.27. The molecule has 1 fully saturated rings. The van der Waals surface area contributed by atoms with Crippen LogP contribution < -0.4 is 15.4 Å². The van der Waals surface area contributed by atoms with Crippen LogP contribution in [-0.4, -0.2) is 25.0 Å². The van der Waals surface area contributed by atoms with Crippen molar-refractivity contribution in [2.24, 2.45) is 0 Å². The molecular formula is C22H22N2O3S. The Balaban J connectivity index is 1.52. The predicted molar refractivity (Wildman–Crippen MR) is 112 cm³/mol. The second-order valence-corrected chi connectivity index (χ2v) is 8.09. The highest BCUT2D eigenvalue weighted by atomic mass is 32.2. The number of methoxy groups -OCH3 is 1. The number of fused-ring (bicyclic) bond motifs is 1. The van der Waals surface area contributed by atoms with E-state index in [0.717, 1.165) is 29.1 Å². The van der Waals surface area contributed by atoms with E-state index in [1.54, 1.807) is 13.2 Å². The van der Waals surface area contributed by atoms with Gasteiger partial charge in [0.25, 0.3) is 11.8 Å². The molecule has 0 unspecified atom stereocenters. The number of rotatable bonds is 4. The van der Waals surface area contributed by atoms with Gasteiger partial charge in [-0.3, -0.25) is 9.59 Å². The predicted octanol–water partition coefficient (Wildman–Crippen LogP) is 4.45. The summed E-state index contributed by atoms with van der Waals surface area (Å²) in [5, 5.41) is 5.99. The van der Waals surface area contributed by atoms with E-state index in [4.69, 9.17) is 4.74 Å². The van der Waals surface area contributed by atoms with E-state index < -0.39 is 0 Å². The van der Waals surface area contributed by atoms with Crippen LogP contribution in [-0.2, 0) is 4.79 Å². The molecular weight excluding hydrogens is 372 g/mol. The highest BCUT2D eigenvalue weighted by Gasteiger charge is 2.23. The van der Waals surface area contributed by atoms with Crippen molar-refractivity contribution in [1.82, 2.24) is 5.32 Å². The first kappa shape index (κ1) is 18.6. The molecule has 2 aliphatic rings. The van der Waals surface area contributed by atoms with Gasteiger partial charge in [0.15, 0.2) is 0 Å². The van der Waals surface area contributed by atoms with Gasteiger partial charge in [-0.25, -0.2) is 0 Å². The van der Waals surface area contributed by atoms with Gasteiger partial charge in [-0.2, -0.15) is 0 Å². The van der Waals surface area contributed by atoms with E-state index in [9.17, 15) is 9.59 Å². The number of benzene rings is 2. The smallest absolute Gasteiger partial charge is 0.262 e. The molecule has 4 rings (SSSR count). The third kappa shape index (κ3) is 4.07. The summed E-state index contributed by atoms with van der Waals surface area (Å²) in [5.41, 5.74) is 2.15. The first-order chi connectivity index (χ1) is 13.6. The largest absolute Gasteiger partial charge is 0.497 e. The number of carbonyl (C=O) groups excluding carboxylic acids is 2. The molecule has 2 amide bonds. The van der Waals surface area contributed by atoms with Crippen LogP contribution in [0.5, 0.6) is 5.75 Å². The monoisotopic (exact) mass is 394 g/mol. The molecule has 1 saturated carbocycles. The van der Waals surface area contributed by atoms with Crippen LogP contribution in [0.2, 0.25) is 0 Å². The minimum atomic E-state index is -0.173. The lowest BCUT2D eigenvalue weighted by Crippen LogP contribution is -2.32. The lowest BCUT2D eigenvalue weighted by molar-refractivity contribution is -0.112. The summed E-state index contributed by atoms with van der Waals surface area (Å²) < 4.78 is 5.24. The highest BCUT2D eigenvalue weighted by Crippen LogP contribution is 2.39. The Hall–Kier alpha value is -2.73. The Bertz CT molecular complexity index is 949. The standard InChI is InChI=1S/C22H22N2O3S/c1-27-17-8-4-5-14(11-17)12-20-22(26)24-18-13-15(9-10-19(18)28-20)21(25)23-16-6-2-3-7-16/h4-5,8-13,16H,2-3,6-7H2,1H3,(H,23,25)(H,24,26)/b20-12+. The van der Waals surface area contributed by atoms with Crippen LogP contribution in [0.3, 0.4) is 0 Å². The number of ether oxygens (including phenoxy) is 1. The van der Waals surface area contributed by atoms with Crippen molar-refractivity contribution in [2.45, 2.75) is 36.6 Å². The van der Waals surface area contributed by atoms with Crippen LogP contribution in [0, 0.1) is 0 Å². The second kappa shape index (κ2) is 8.10. The molecule has 0 bridgehead atoms. The molecule has 1 aliphatic heterocycles. The van der Waals surface area contributed by atoms with Crippen LogP contribution >= 0.6 is 11.8 Å². The third-order valence-corrected chi connectivity index (χ3v) is 6.11. The van der Waals surface area contributed by atoms with Gasteiger partial charge >= 0.3 is 0 Å². The van der Waals surface area contributed by atoms with Crippen LogP contribution in [0.4, 0.5) is 5.69 Å². The number of carbonyl (C=O) groups is 2. The van der Waals surface area contributed by atoms with Crippen LogP contribution in [0.25, 0.3) is 6.08 Å². The Morgan fingerprint density at radius 1 is 1.21 bits per heavy atom. The lowest BCUT2D eigenvalue weighted by atomic mass is 10.1. The number of anilines is 1. The maximum atomic E-state index is 12.5. The van der Waals surface area contributed by atoms with E-state index in [2.05, 4.69) is 10.6 Å². The molecule has 2 aromatic carbocycles. The van der Waals surface area contributed by atoms with E-state index in [1.807, 2.05) is 42.5 Å². The van der Waals surface area contributed by atoms with Gasteiger partial charge in [0.05, 0.1) is 17.7 Å². The molecule has 0 saturated heterocycles. The molecule has 144 valence electrons. The summed E-state index contributed by atoms with van der Waals surface area (Å²) in [6.45, 7) is 0. The fourth-order valence-corrected chi connectivity index (χ4v) is 4.45. The van der Waals surface area contributed by atoms with E-state index in [-0.39, 0.29) is 17.9 Å². The lowest BCUT2D eigenvalue weighted by Gasteiger charge is -2.20. The van der Waals surface area contributed by atoms with Gasteiger partial charge in [0.2, 0.25) is 0 Å². The summed E-state index contributed by atoms with van der Waals surface area (Å²) in [4.78, 5) is 26.5.